The van der Waals surface area contributed by atoms with Crippen LogP contribution in [-0.2, 0) is 20.8 Å². The molecule has 12 atom stereocenters. The molecule has 226 valence electrons. The SMILES string of the molecule is C[C@@H]1CC[C@@]2(OC1)O[C@H]1C[C@H]3[C@@H]4CC[C@@H]5C[C@@H](OC(=O)NCc6ccc(Cl)cc6)CC[C@]5(C)[C@H]4CC[C@]3(C)[C@H]1[C@@H]2C. The molecule has 6 fully saturated rings. The summed E-state index contributed by atoms with van der Waals surface area (Å²) in [6.07, 6.45) is 12.1. The second-order valence-electron chi connectivity index (χ2n) is 15.5. The van der Waals surface area contributed by atoms with Gasteiger partial charge in [-0.15, -0.1) is 0 Å². The van der Waals surface area contributed by atoms with Gasteiger partial charge in [0.05, 0.1) is 12.7 Å². The summed E-state index contributed by atoms with van der Waals surface area (Å²) in [7, 11) is 0. The summed E-state index contributed by atoms with van der Waals surface area (Å²) >= 11 is 5.98. The van der Waals surface area contributed by atoms with Crippen molar-refractivity contribution in [2.45, 2.75) is 116 Å². The summed E-state index contributed by atoms with van der Waals surface area (Å²) in [5.74, 6) is 4.44. The number of rotatable bonds is 3. The first kappa shape index (κ1) is 28.5. The Bertz CT molecular complexity index is 1130. The molecule has 2 heterocycles. The molecule has 0 radical (unpaired) electrons. The molecule has 41 heavy (non-hydrogen) atoms. The van der Waals surface area contributed by atoms with E-state index in [4.69, 9.17) is 25.8 Å². The Morgan fingerprint density at radius 2 is 1.76 bits per heavy atom. The Kier molecular flexibility index (Phi) is 7.23. The number of carbonyl (C=O) groups excluding carboxylic acids is 1. The van der Waals surface area contributed by atoms with E-state index in [1.807, 2.05) is 24.3 Å². The van der Waals surface area contributed by atoms with Crippen molar-refractivity contribution in [3.05, 3.63) is 34.9 Å². The molecule has 0 aromatic heterocycles. The molecular weight excluding hydrogens is 534 g/mol. The zero-order valence-corrected chi connectivity index (χ0v) is 26.3. The van der Waals surface area contributed by atoms with Crippen LogP contribution in [0.25, 0.3) is 0 Å². The average Bonchev–Trinajstić information content (AvgIpc) is 3.40. The quantitative estimate of drug-likeness (QED) is 0.388. The smallest absolute Gasteiger partial charge is 0.407 e. The summed E-state index contributed by atoms with van der Waals surface area (Å²) in [6, 6.07) is 7.58. The molecule has 1 aromatic carbocycles. The van der Waals surface area contributed by atoms with Gasteiger partial charge in [0.25, 0.3) is 0 Å². The van der Waals surface area contributed by atoms with Gasteiger partial charge in [0.1, 0.15) is 6.10 Å². The molecule has 2 saturated heterocycles. The van der Waals surface area contributed by atoms with E-state index in [9.17, 15) is 4.79 Å². The second kappa shape index (κ2) is 10.4. The van der Waals surface area contributed by atoms with Gasteiger partial charge in [-0.3, -0.25) is 0 Å². The lowest BCUT2D eigenvalue weighted by atomic mass is 9.44. The molecule has 7 rings (SSSR count). The Hall–Kier alpha value is -1.30. The minimum Gasteiger partial charge on any atom is -0.446 e. The van der Waals surface area contributed by atoms with Crippen LogP contribution < -0.4 is 5.32 Å². The highest BCUT2D eigenvalue weighted by Gasteiger charge is 2.69. The van der Waals surface area contributed by atoms with Crippen LogP contribution in [0.2, 0.25) is 5.02 Å². The lowest BCUT2D eigenvalue weighted by Gasteiger charge is -2.61. The van der Waals surface area contributed by atoms with Gasteiger partial charge >= 0.3 is 6.09 Å². The third-order valence-electron chi connectivity index (χ3n) is 13.5. The topological polar surface area (TPSA) is 56.8 Å². The molecule has 4 saturated carbocycles. The number of fused-ring (bicyclic) bond motifs is 7. The van der Waals surface area contributed by atoms with Crippen LogP contribution in [0, 0.1) is 52.3 Å². The lowest BCUT2D eigenvalue weighted by Crippen LogP contribution is -2.55. The van der Waals surface area contributed by atoms with E-state index in [0.29, 0.717) is 52.2 Å². The van der Waals surface area contributed by atoms with E-state index in [0.717, 1.165) is 49.2 Å². The summed E-state index contributed by atoms with van der Waals surface area (Å²) in [6.45, 7) is 11.3. The van der Waals surface area contributed by atoms with Crippen LogP contribution in [0.5, 0.6) is 0 Å². The lowest BCUT2D eigenvalue weighted by molar-refractivity contribution is -0.273. The van der Waals surface area contributed by atoms with Gasteiger partial charge in [-0.25, -0.2) is 4.79 Å². The summed E-state index contributed by atoms with van der Waals surface area (Å²) < 4.78 is 19.5. The number of nitrogens with one attached hydrogen (secondary N) is 1. The number of ether oxygens (including phenoxy) is 3. The second-order valence-corrected chi connectivity index (χ2v) is 15.9. The maximum absolute atomic E-state index is 12.6. The highest BCUT2D eigenvalue weighted by molar-refractivity contribution is 6.30. The predicted molar refractivity (Wildman–Crippen MR) is 160 cm³/mol. The fraction of sp³-hybridized carbons (Fsp3) is 0.800. The minimum absolute atomic E-state index is 0.0261. The highest BCUT2D eigenvalue weighted by Crippen LogP contribution is 2.71. The number of halogens is 1. The van der Waals surface area contributed by atoms with Gasteiger partial charge in [-0.05, 0) is 122 Å². The number of carbonyl (C=O) groups is 1. The van der Waals surface area contributed by atoms with Crippen molar-refractivity contribution < 1.29 is 19.0 Å². The summed E-state index contributed by atoms with van der Waals surface area (Å²) in [5.41, 5.74) is 1.75. The Morgan fingerprint density at radius 1 is 0.976 bits per heavy atom. The molecule has 2 aliphatic heterocycles. The van der Waals surface area contributed by atoms with Crippen molar-refractivity contribution in [1.29, 1.82) is 0 Å². The zero-order valence-electron chi connectivity index (χ0n) is 25.5. The molecule has 5 nitrogen and oxygen atoms in total. The largest absolute Gasteiger partial charge is 0.446 e. The predicted octanol–water partition coefficient (Wildman–Crippen LogP) is 8.38. The van der Waals surface area contributed by atoms with Gasteiger partial charge in [-0.2, -0.15) is 0 Å². The minimum atomic E-state index is -0.324. The molecule has 1 aromatic rings. The number of hydrogen-bond acceptors (Lipinski definition) is 4. The van der Waals surface area contributed by atoms with Gasteiger partial charge in [0.2, 0.25) is 0 Å². The average molecular weight is 584 g/mol. The van der Waals surface area contributed by atoms with Crippen molar-refractivity contribution in [3.8, 4) is 0 Å². The first-order valence-electron chi connectivity index (χ1n) is 16.6. The van der Waals surface area contributed by atoms with Gasteiger partial charge < -0.3 is 19.5 Å². The molecule has 1 spiro atoms. The Morgan fingerprint density at radius 3 is 2.51 bits per heavy atom. The molecule has 0 bridgehead atoms. The van der Waals surface area contributed by atoms with Crippen LogP contribution in [0.1, 0.15) is 97.5 Å². The number of hydrogen-bond donors (Lipinski definition) is 1. The third kappa shape index (κ3) is 4.67. The molecular formula is C35H50ClNO4. The molecule has 0 unspecified atom stereocenters. The van der Waals surface area contributed by atoms with E-state index in [-0.39, 0.29) is 18.0 Å². The third-order valence-corrected chi connectivity index (χ3v) is 13.8. The highest BCUT2D eigenvalue weighted by atomic mass is 35.5. The fourth-order valence-corrected chi connectivity index (χ4v) is 11.4. The van der Waals surface area contributed by atoms with Crippen LogP contribution in [0.3, 0.4) is 0 Å². The van der Waals surface area contributed by atoms with Crippen LogP contribution in [0.4, 0.5) is 4.79 Å². The number of benzene rings is 1. The number of amides is 1. The van der Waals surface area contributed by atoms with E-state index in [1.54, 1.807) is 0 Å². The van der Waals surface area contributed by atoms with Crippen molar-refractivity contribution in [1.82, 2.24) is 5.32 Å². The van der Waals surface area contributed by atoms with E-state index < -0.39 is 0 Å². The van der Waals surface area contributed by atoms with E-state index in [2.05, 4.69) is 33.0 Å². The normalized spacial score (nSPS) is 48.6. The zero-order chi connectivity index (χ0) is 28.6. The maximum atomic E-state index is 12.6. The van der Waals surface area contributed by atoms with E-state index >= 15 is 0 Å². The first-order chi connectivity index (χ1) is 19.6. The van der Waals surface area contributed by atoms with Crippen molar-refractivity contribution in [2.75, 3.05) is 6.61 Å². The van der Waals surface area contributed by atoms with Gasteiger partial charge in [-0.1, -0.05) is 51.4 Å². The molecule has 1 N–H and O–H groups in total. The van der Waals surface area contributed by atoms with Crippen molar-refractivity contribution in [2.24, 2.45) is 52.3 Å². The van der Waals surface area contributed by atoms with Crippen LogP contribution >= 0.6 is 11.6 Å². The van der Waals surface area contributed by atoms with Crippen LogP contribution in [-0.4, -0.2) is 30.7 Å². The summed E-state index contributed by atoms with van der Waals surface area (Å²) in [4.78, 5) is 12.6. The summed E-state index contributed by atoms with van der Waals surface area (Å²) in [5, 5.41) is 3.65. The maximum Gasteiger partial charge on any atom is 0.407 e. The molecule has 6 aliphatic rings. The Labute approximate surface area is 251 Å². The van der Waals surface area contributed by atoms with Crippen molar-refractivity contribution >= 4 is 17.7 Å². The van der Waals surface area contributed by atoms with Gasteiger partial charge in [0, 0.05) is 23.9 Å². The molecule has 6 heteroatoms. The Balaban J connectivity index is 0.982. The first-order valence-corrected chi connectivity index (χ1v) is 17.0. The molecule has 1 amide bonds. The monoisotopic (exact) mass is 583 g/mol. The standard InChI is InChI=1S/C35H50ClNO4/c1-21-11-16-35(39-20-21)22(2)31-30(41-35)18-29-27-10-7-24-17-26(12-14-33(24,3)28(27)13-15-34(29,31)4)40-32(38)37-19-23-5-8-25(36)9-6-23/h5-6,8-9,21-22,24,26-31H,7,10-20H2,1-4H3,(H,37,38)/t21-,22+,24-,26+,27-,28+,29+,30+,31+,33+,34+,35-/m1/s1. The fourth-order valence-electron chi connectivity index (χ4n) is 11.3. The number of alkyl carbamates (subject to hydrolysis) is 1. The van der Waals surface area contributed by atoms with E-state index in [1.165, 1.54) is 44.9 Å². The van der Waals surface area contributed by atoms with Crippen LogP contribution in [0.15, 0.2) is 24.3 Å². The van der Waals surface area contributed by atoms with Crippen molar-refractivity contribution in [3.63, 3.8) is 0 Å². The van der Waals surface area contributed by atoms with Gasteiger partial charge in [0.15, 0.2) is 5.79 Å². The molecule has 4 aliphatic carbocycles.